The summed E-state index contributed by atoms with van der Waals surface area (Å²) in [7, 11) is 1.88. The molecule has 0 saturated heterocycles. The van der Waals surface area contributed by atoms with Crippen molar-refractivity contribution in [1.82, 2.24) is 4.57 Å². The Kier molecular flexibility index (Phi) is 5.72. The van der Waals surface area contributed by atoms with E-state index in [1.807, 2.05) is 79.2 Å². The lowest BCUT2D eigenvalue weighted by molar-refractivity contribution is -0.118. The third-order valence-corrected chi connectivity index (χ3v) is 6.08. The third kappa shape index (κ3) is 4.02. The zero-order chi connectivity index (χ0) is 21.1. The Bertz CT molecular complexity index is 1190. The number of nitrogens with zero attached hydrogens (tertiary/aromatic N) is 2. The van der Waals surface area contributed by atoms with Gasteiger partial charge in [0.15, 0.2) is 4.80 Å². The van der Waals surface area contributed by atoms with E-state index in [-0.39, 0.29) is 11.7 Å². The van der Waals surface area contributed by atoms with Crippen molar-refractivity contribution in [1.29, 1.82) is 0 Å². The van der Waals surface area contributed by atoms with Gasteiger partial charge >= 0.3 is 0 Å². The van der Waals surface area contributed by atoms with Gasteiger partial charge in [-0.1, -0.05) is 60.7 Å². The highest BCUT2D eigenvalue weighted by molar-refractivity contribution is 7.09. The smallest absolute Gasteiger partial charge is 0.260 e. The number of amides is 1. The number of hydrogen-bond donors (Lipinski definition) is 0. The molecule has 0 aliphatic rings. The van der Waals surface area contributed by atoms with Gasteiger partial charge in [-0.15, -0.1) is 11.3 Å². The van der Waals surface area contributed by atoms with Crippen LogP contribution < -0.4 is 4.80 Å². The van der Waals surface area contributed by atoms with Gasteiger partial charge in [0.1, 0.15) is 5.82 Å². The van der Waals surface area contributed by atoms with E-state index >= 15 is 0 Å². The Morgan fingerprint density at radius 3 is 1.97 bits per heavy atom. The summed E-state index contributed by atoms with van der Waals surface area (Å²) >= 11 is 1.46. The molecular formula is C25H21FN2OS. The van der Waals surface area contributed by atoms with Gasteiger partial charge < -0.3 is 4.57 Å². The summed E-state index contributed by atoms with van der Waals surface area (Å²) < 4.78 is 15.2. The van der Waals surface area contributed by atoms with Crippen LogP contribution in [0.2, 0.25) is 0 Å². The Morgan fingerprint density at radius 1 is 0.900 bits per heavy atom. The number of carbonyl (C=O) groups excluding carboxylic acids is 1. The average molecular weight is 417 g/mol. The van der Waals surface area contributed by atoms with E-state index in [4.69, 9.17) is 0 Å². The maximum Gasteiger partial charge on any atom is 0.260 e. The van der Waals surface area contributed by atoms with Crippen LogP contribution in [-0.2, 0) is 11.8 Å². The van der Waals surface area contributed by atoms with Gasteiger partial charge in [-0.25, -0.2) is 4.39 Å². The molecule has 0 unspecified atom stereocenters. The minimum atomic E-state index is -0.468. The first kappa shape index (κ1) is 20.0. The van der Waals surface area contributed by atoms with Crippen molar-refractivity contribution in [3.8, 4) is 11.3 Å². The fraction of sp³-hybridized carbons (Fsp3) is 0.120. The SMILES string of the molecule is Cc1sc(=NC(=O)C(c2ccccc2)c2ccccc2)n(C)c1-c1ccc(F)cc1. The van der Waals surface area contributed by atoms with Gasteiger partial charge in [0.05, 0.1) is 11.6 Å². The van der Waals surface area contributed by atoms with E-state index in [1.54, 1.807) is 12.1 Å². The molecule has 0 saturated carbocycles. The van der Waals surface area contributed by atoms with Crippen LogP contribution in [0.1, 0.15) is 21.9 Å². The van der Waals surface area contributed by atoms with E-state index < -0.39 is 5.92 Å². The van der Waals surface area contributed by atoms with E-state index in [9.17, 15) is 9.18 Å². The molecule has 5 heteroatoms. The molecule has 1 aromatic heterocycles. The Morgan fingerprint density at radius 2 is 1.43 bits per heavy atom. The zero-order valence-corrected chi connectivity index (χ0v) is 17.6. The summed E-state index contributed by atoms with van der Waals surface area (Å²) in [4.78, 5) is 19.5. The van der Waals surface area contributed by atoms with Crippen LogP contribution in [0.25, 0.3) is 11.3 Å². The summed E-state index contributed by atoms with van der Waals surface area (Å²) in [6.07, 6.45) is 0. The summed E-state index contributed by atoms with van der Waals surface area (Å²) in [6.45, 7) is 1.98. The first-order valence-corrected chi connectivity index (χ1v) is 10.5. The van der Waals surface area contributed by atoms with Gasteiger partial charge in [0.25, 0.3) is 5.91 Å². The number of rotatable bonds is 4. The van der Waals surface area contributed by atoms with Crippen molar-refractivity contribution in [3.63, 3.8) is 0 Å². The third-order valence-electron chi connectivity index (χ3n) is 5.04. The van der Waals surface area contributed by atoms with Crippen molar-refractivity contribution in [2.45, 2.75) is 12.8 Å². The molecule has 4 rings (SSSR count). The first-order chi connectivity index (χ1) is 14.5. The van der Waals surface area contributed by atoms with Crippen LogP contribution in [0.5, 0.6) is 0 Å². The van der Waals surface area contributed by atoms with E-state index in [2.05, 4.69) is 4.99 Å². The molecule has 0 atom stereocenters. The standard InChI is InChI=1S/C25H21FN2OS/c1-17-23(20-13-15-21(26)16-14-20)28(2)25(30-17)27-24(29)22(18-9-5-3-6-10-18)19-11-7-4-8-12-19/h3-16,22H,1-2H3. The van der Waals surface area contributed by atoms with Crippen LogP contribution >= 0.6 is 11.3 Å². The summed E-state index contributed by atoms with van der Waals surface area (Å²) in [5.41, 5.74) is 3.64. The lowest BCUT2D eigenvalue weighted by Crippen LogP contribution is -2.19. The van der Waals surface area contributed by atoms with Crippen molar-refractivity contribution in [2.24, 2.45) is 12.0 Å². The summed E-state index contributed by atoms with van der Waals surface area (Å²) in [5.74, 6) is -0.957. The molecule has 150 valence electrons. The van der Waals surface area contributed by atoms with Crippen molar-refractivity contribution >= 4 is 17.2 Å². The van der Waals surface area contributed by atoms with Gasteiger partial charge in [0.2, 0.25) is 0 Å². The summed E-state index contributed by atoms with van der Waals surface area (Å²) in [5, 5.41) is 0. The monoisotopic (exact) mass is 416 g/mol. The molecular weight excluding hydrogens is 395 g/mol. The molecule has 3 aromatic carbocycles. The predicted molar refractivity (Wildman–Crippen MR) is 119 cm³/mol. The van der Waals surface area contributed by atoms with Crippen LogP contribution in [-0.4, -0.2) is 10.5 Å². The minimum Gasteiger partial charge on any atom is -0.319 e. The number of halogens is 1. The lowest BCUT2D eigenvalue weighted by Gasteiger charge is -2.14. The van der Waals surface area contributed by atoms with Crippen molar-refractivity contribution in [2.75, 3.05) is 0 Å². The number of aromatic nitrogens is 1. The zero-order valence-electron chi connectivity index (χ0n) is 16.7. The Hall–Kier alpha value is -3.31. The molecule has 3 nitrogen and oxygen atoms in total. The maximum atomic E-state index is 13.3. The quantitative estimate of drug-likeness (QED) is 0.435. The maximum absolute atomic E-state index is 13.3. The number of aryl methyl sites for hydroxylation is 1. The molecule has 0 fully saturated rings. The molecule has 30 heavy (non-hydrogen) atoms. The molecule has 0 spiro atoms. The highest BCUT2D eigenvalue weighted by atomic mass is 32.1. The summed E-state index contributed by atoms with van der Waals surface area (Å²) in [6, 6.07) is 25.8. The van der Waals surface area contributed by atoms with Gasteiger partial charge in [-0.2, -0.15) is 4.99 Å². The molecule has 4 aromatic rings. The van der Waals surface area contributed by atoms with E-state index in [1.165, 1.54) is 23.5 Å². The van der Waals surface area contributed by atoms with Crippen LogP contribution in [0.3, 0.4) is 0 Å². The molecule has 1 amide bonds. The van der Waals surface area contributed by atoms with Gasteiger partial charge in [0, 0.05) is 11.9 Å². The molecule has 0 bridgehead atoms. The number of benzene rings is 3. The minimum absolute atomic E-state index is 0.213. The number of carbonyl (C=O) groups is 1. The van der Waals surface area contributed by atoms with Crippen LogP contribution in [0, 0.1) is 12.7 Å². The molecule has 0 aliphatic carbocycles. The van der Waals surface area contributed by atoms with Crippen LogP contribution in [0.15, 0.2) is 89.9 Å². The van der Waals surface area contributed by atoms with Crippen molar-refractivity contribution < 1.29 is 9.18 Å². The number of thiazole rings is 1. The fourth-order valence-electron chi connectivity index (χ4n) is 3.62. The highest BCUT2D eigenvalue weighted by Crippen LogP contribution is 2.27. The van der Waals surface area contributed by atoms with E-state index in [0.29, 0.717) is 4.80 Å². The normalized spacial score (nSPS) is 11.8. The Labute approximate surface area is 178 Å². The highest BCUT2D eigenvalue weighted by Gasteiger charge is 2.22. The van der Waals surface area contributed by atoms with Gasteiger partial charge in [-0.05, 0) is 47.9 Å². The van der Waals surface area contributed by atoms with Crippen LogP contribution in [0.4, 0.5) is 4.39 Å². The van der Waals surface area contributed by atoms with Crippen molar-refractivity contribution in [3.05, 3.63) is 112 Å². The molecule has 0 aliphatic heterocycles. The molecule has 1 heterocycles. The lowest BCUT2D eigenvalue weighted by atomic mass is 9.91. The van der Waals surface area contributed by atoms with Gasteiger partial charge in [-0.3, -0.25) is 4.79 Å². The second-order valence-electron chi connectivity index (χ2n) is 7.06. The second-order valence-corrected chi connectivity index (χ2v) is 8.24. The topological polar surface area (TPSA) is 34.4 Å². The Balaban J connectivity index is 1.79. The average Bonchev–Trinajstić information content (AvgIpc) is 3.03. The van der Waals surface area contributed by atoms with E-state index in [0.717, 1.165) is 27.3 Å². The fourth-order valence-corrected chi connectivity index (χ4v) is 4.60. The second kappa shape index (κ2) is 8.59. The first-order valence-electron chi connectivity index (χ1n) is 9.65. The largest absolute Gasteiger partial charge is 0.319 e. The molecule has 0 radical (unpaired) electrons. The predicted octanol–water partition coefficient (Wildman–Crippen LogP) is 5.46. The number of hydrogen-bond acceptors (Lipinski definition) is 2. The molecule has 0 N–H and O–H groups in total.